The Bertz CT molecular complexity index is 727. The van der Waals surface area contributed by atoms with Crippen molar-refractivity contribution >= 4 is 28.2 Å². The molecular weight excluding hydrogens is 278 g/mol. The maximum Gasteiger partial charge on any atom is 0.326 e. The van der Waals surface area contributed by atoms with Crippen molar-refractivity contribution < 1.29 is 9.90 Å². The molecule has 5 heteroatoms. The van der Waals surface area contributed by atoms with Gasteiger partial charge in [-0.1, -0.05) is 0 Å². The summed E-state index contributed by atoms with van der Waals surface area (Å²) < 4.78 is 0. The second-order valence-corrected chi connectivity index (χ2v) is 6.18. The van der Waals surface area contributed by atoms with Gasteiger partial charge in [-0.3, -0.25) is 0 Å². The van der Waals surface area contributed by atoms with Crippen molar-refractivity contribution in [3.63, 3.8) is 0 Å². The van der Waals surface area contributed by atoms with Crippen LogP contribution in [-0.4, -0.2) is 34.7 Å². The first-order chi connectivity index (χ1) is 10.7. The summed E-state index contributed by atoms with van der Waals surface area (Å²) in [5, 5.41) is 15.0. The van der Waals surface area contributed by atoms with Gasteiger partial charge in [0.25, 0.3) is 0 Å². The molecule has 1 aliphatic heterocycles. The van der Waals surface area contributed by atoms with Gasteiger partial charge in [0.2, 0.25) is 0 Å². The highest BCUT2D eigenvalue weighted by molar-refractivity contribution is 5.95. The van der Waals surface area contributed by atoms with Crippen molar-refractivity contribution in [2.24, 2.45) is 0 Å². The molecular formula is C17H19N3O2. The van der Waals surface area contributed by atoms with E-state index in [0.717, 1.165) is 35.2 Å². The third-order valence-corrected chi connectivity index (χ3v) is 4.50. The molecule has 1 aliphatic carbocycles. The highest BCUT2D eigenvalue weighted by atomic mass is 16.4. The quantitative estimate of drug-likeness (QED) is 0.908. The molecule has 2 N–H and O–H groups in total. The Morgan fingerprint density at radius 2 is 2.14 bits per heavy atom. The Kier molecular flexibility index (Phi) is 3.13. The number of pyridine rings is 1. The molecule has 0 spiro atoms. The van der Waals surface area contributed by atoms with E-state index in [9.17, 15) is 9.90 Å². The maximum absolute atomic E-state index is 11.4. The van der Waals surface area contributed by atoms with Crippen LogP contribution in [0.5, 0.6) is 0 Å². The van der Waals surface area contributed by atoms with Gasteiger partial charge < -0.3 is 15.3 Å². The summed E-state index contributed by atoms with van der Waals surface area (Å²) in [4.78, 5) is 17.8. The zero-order valence-electron chi connectivity index (χ0n) is 12.3. The fourth-order valence-corrected chi connectivity index (χ4v) is 3.22. The van der Waals surface area contributed by atoms with Crippen LogP contribution in [0.25, 0.3) is 10.8 Å². The lowest BCUT2D eigenvalue weighted by Gasteiger charge is -2.24. The highest BCUT2D eigenvalue weighted by Gasteiger charge is 2.32. The lowest BCUT2D eigenvalue weighted by atomic mass is 10.1. The number of nitrogens with zero attached hydrogens (tertiary/aromatic N) is 2. The Labute approximate surface area is 129 Å². The molecule has 0 radical (unpaired) electrons. The number of fused-ring (bicyclic) bond motifs is 1. The van der Waals surface area contributed by atoms with Gasteiger partial charge in [0.1, 0.15) is 11.9 Å². The summed E-state index contributed by atoms with van der Waals surface area (Å²) in [5.74, 6) is 0.0312. The second-order valence-electron chi connectivity index (χ2n) is 6.18. The van der Waals surface area contributed by atoms with E-state index >= 15 is 0 Å². The third kappa shape index (κ3) is 2.36. The number of aromatic nitrogens is 1. The molecule has 22 heavy (non-hydrogen) atoms. The van der Waals surface area contributed by atoms with Crippen molar-refractivity contribution in [2.75, 3.05) is 16.8 Å². The predicted octanol–water partition coefficient (Wildman–Crippen LogP) is 2.86. The molecule has 2 aliphatic rings. The summed E-state index contributed by atoms with van der Waals surface area (Å²) in [6, 6.07) is 8.40. The molecule has 1 saturated heterocycles. The van der Waals surface area contributed by atoms with E-state index in [0.29, 0.717) is 12.5 Å². The van der Waals surface area contributed by atoms with Crippen molar-refractivity contribution in [1.82, 2.24) is 4.98 Å². The highest BCUT2D eigenvalue weighted by Crippen LogP contribution is 2.33. The van der Waals surface area contributed by atoms with Gasteiger partial charge >= 0.3 is 5.97 Å². The van der Waals surface area contributed by atoms with Crippen molar-refractivity contribution in [2.45, 2.75) is 37.8 Å². The molecule has 2 fully saturated rings. The lowest BCUT2D eigenvalue weighted by molar-refractivity contribution is -0.138. The fraction of sp³-hybridized carbons (Fsp3) is 0.412. The van der Waals surface area contributed by atoms with Crippen LogP contribution in [0, 0.1) is 0 Å². The average Bonchev–Trinajstić information content (AvgIpc) is 3.18. The number of hydrogen-bond acceptors (Lipinski definition) is 4. The summed E-state index contributed by atoms with van der Waals surface area (Å²) in [6.07, 6.45) is 5.85. The van der Waals surface area contributed by atoms with Crippen LogP contribution in [0.4, 0.5) is 11.5 Å². The number of carbonyl (C=O) groups is 1. The molecule has 114 valence electrons. The number of nitrogens with one attached hydrogen (secondary N) is 1. The summed E-state index contributed by atoms with van der Waals surface area (Å²) in [7, 11) is 0. The number of hydrogen-bond donors (Lipinski definition) is 2. The molecule has 1 aromatic carbocycles. The largest absolute Gasteiger partial charge is 0.480 e. The Morgan fingerprint density at radius 1 is 1.27 bits per heavy atom. The minimum absolute atomic E-state index is 0.456. The molecule has 1 unspecified atom stereocenters. The Morgan fingerprint density at radius 3 is 2.91 bits per heavy atom. The SMILES string of the molecule is O=C(O)C1CCCN1c1nccc2cc(NC3CC3)ccc12. The zero-order valence-corrected chi connectivity index (χ0v) is 12.3. The number of carboxylic acids is 1. The van der Waals surface area contributed by atoms with E-state index in [1.54, 1.807) is 6.20 Å². The lowest BCUT2D eigenvalue weighted by Crippen LogP contribution is -2.36. The number of aliphatic carboxylic acids is 1. The van der Waals surface area contributed by atoms with Crippen LogP contribution in [0.1, 0.15) is 25.7 Å². The normalized spacial score (nSPS) is 21.3. The van der Waals surface area contributed by atoms with Crippen LogP contribution in [0.3, 0.4) is 0 Å². The predicted molar refractivity (Wildman–Crippen MR) is 86.4 cm³/mol. The van der Waals surface area contributed by atoms with Gasteiger partial charge in [0.15, 0.2) is 0 Å². The maximum atomic E-state index is 11.4. The minimum Gasteiger partial charge on any atom is -0.480 e. The van der Waals surface area contributed by atoms with Crippen LogP contribution >= 0.6 is 0 Å². The topological polar surface area (TPSA) is 65.5 Å². The number of benzene rings is 1. The van der Waals surface area contributed by atoms with E-state index in [1.165, 1.54) is 12.8 Å². The number of anilines is 2. The van der Waals surface area contributed by atoms with Crippen LogP contribution < -0.4 is 10.2 Å². The van der Waals surface area contributed by atoms with Gasteiger partial charge in [-0.05, 0) is 55.3 Å². The van der Waals surface area contributed by atoms with Crippen molar-refractivity contribution in [3.8, 4) is 0 Å². The molecule has 0 bridgehead atoms. The fourth-order valence-electron chi connectivity index (χ4n) is 3.22. The molecule has 0 amide bonds. The van der Waals surface area contributed by atoms with Gasteiger partial charge in [0.05, 0.1) is 0 Å². The Hall–Kier alpha value is -2.30. The first-order valence-electron chi connectivity index (χ1n) is 7.87. The molecule has 1 aromatic heterocycles. The van der Waals surface area contributed by atoms with Crippen LogP contribution in [0.15, 0.2) is 30.5 Å². The van der Waals surface area contributed by atoms with Crippen molar-refractivity contribution in [3.05, 3.63) is 30.5 Å². The third-order valence-electron chi connectivity index (χ3n) is 4.50. The van der Waals surface area contributed by atoms with E-state index in [-0.39, 0.29) is 0 Å². The first kappa shape index (κ1) is 13.4. The van der Waals surface area contributed by atoms with Crippen LogP contribution in [0.2, 0.25) is 0 Å². The minimum atomic E-state index is -0.761. The standard InChI is InChI=1S/C17H19N3O2/c21-17(22)15-2-1-9-20(15)16-14-6-5-13(19-12-3-4-12)10-11(14)7-8-18-16/h5-8,10,12,15,19H,1-4,9H2,(H,21,22). The summed E-state index contributed by atoms with van der Waals surface area (Å²) in [6.45, 7) is 0.755. The summed E-state index contributed by atoms with van der Waals surface area (Å²) in [5.41, 5.74) is 1.13. The van der Waals surface area contributed by atoms with E-state index in [2.05, 4.69) is 28.5 Å². The Balaban J connectivity index is 1.72. The van der Waals surface area contributed by atoms with E-state index < -0.39 is 12.0 Å². The number of carboxylic acid groups (broad SMARTS) is 1. The van der Waals surface area contributed by atoms with Gasteiger partial charge in [-0.2, -0.15) is 0 Å². The molecule has 5 nitrogen and oxygen atoms in total. The average molecular weight is 297 g/mol. The van der Waals surface area contributed by atoms with Gasteiger partial charge in [0, 0.05) is 29.9 Å². The monoisotopic (exact) mass is 297 g/mol. The van der Waals surface area contributed by atoms with E-state index in [4.69, 9.17) is 0 Å². The molecule has 2 heterocycles. The van der Waals surface area contributed by atoms with E-state index in [1.807, 2.05) is 11.0 Å². The van der Waals surface area contributed by atoms with Gasteiger partial charge in [-0.25, -0.2) is 9.78 Å². The number of rotatable bonds is 4. The zero-order chi connectivity index (χ0) is 15.1. The molecule has 1 saturated carbocycles. The summed E-state index contributed by atoms with van der Waals surface area (Å²) >= 11 is 0. The second kappa shape index (κ2) is 5.16. The smallest absolute Gasteiger partial charge is 0.326 e. The molecule has 4 rings (SSSR count). The molecule has 2 aromatic rings. The molecule has 1 atom stereocenters. The first-order valence-corrected chi connectivity index (χ1v) is 7.87. The van der Waals surface area contributed by atoms with Crippen LogP contribution in [-0.2, 0) is 4.79 Å². The van der Waals surface area contributed by atoms with Crippen molar-refractivity contribution in [1.29, 1.82) is 0 Å². The van der Waals surface area contributed by atoms with Gasteiger partial charge in [-0.15, -0.1) is 0 Å².